The van der Waals surface area contributed by atoms with Crippen molar-refractivity contribution in [2.24, 2.45) is 0 Å². The minimum atomic E-state index is 0.531. The van der Waals surface area contributed by atoms with Gasteiger partial charge >= 0.3 is 0 Å². The molecule has 0 aliphatic carbocycles. The monoisotopic (exact) mass is 343 g/mol. The first kappa shape index (κ1) is 18.3. The number of aryl methyl sites for hydroxylation is 1. The molecule has 2 rings (SSSR count). The average molecular weight is 343 g/mol. The third-order valence-electron chi connectivity index (χ3n) is 3.61. The zero-order chi connectivity index (χ0) is 17.5. The highest BCUT2D eigenvalue weighted by atomic mass is 32.2. The van der Waals surface area contributed by atoms with Gasteiger partial charge in [-0.2, -0.15) is 0 Å². The molecule has 0 bridgehead atoms. The van der Waals surface area contributed by atoms with Crippen LogP contribution in [0.3, 0.4) is 0 Å². The molecule has 0 aliphatic rings. The predicted octanol–water partition coefficient (Wildman–Crippen LogP) is 4.80. The Labute approximate surface area is 149 Å². The largest absolute Gasteiger partial charge is 0.496 e. The van der Waals surface area contributed by atoms with Crippen molar-refractivity contribution >= 4 is 17.4 Å². The van der Waals surface area contributed by atoms with E-state index in [1.54, 1.807) is 18.9 Å². The normalized spacial score (nSPS) is 10.3. The van der Waals surface area contributed by atoms with Crippen molar-refractivity contribution in [2.45, 2.75) is 11.8 Å². The predicted molar refractivity (Wildman–Crippen MR) is 104 cm³/mol. The lowest BCUT2D eigenvalue weighted by molar-refractivity contribution is 0.353. The molecule has 0 fully saturated rings. The molecule has 0 saturated carbocycles. The van der Waals surface area contributed by atoms with Crippen molar-refractivity contribution in [1.29, 1.82) is 0 Å². The quantitative estimate of drug-likeness (QED) is 0.507. The van der Waals surface area contributed by atoms with Crippen LogP contribution in [0.25, 0.3) is 0 Å². The van der Waals surface area contributed by atoms with Crippen LogP contribution in [-0.4, -0.2) is 33.6 Å². The van der Waals surface area contributed by atoms with E-state index in [1.807, 2.05) is 44.4 Å². The topological polar surface area (TPSA) is 21.7 Å². The highest BCUT2D eigenvalue weighted by Crippen LogP contribution is 2.26. The number of anilines is 1. The van der Waals surface area contributed by atoms with E-state index in [2.05, 4.69) is 30.5 Å². The minimum absolute atomic E-state index is 0.531. The summed E-state index contributed by atoms with van der Waals surface area (Å²) < 4.78 is 11.1. The van der Waals surface area contributed by atoms with Gasteiger partial charge in [0.2, 0.25) is 0 Å². The van der Waals surface area contributed by atoms with Crippen molar-refractivity contribution in [2.75, 3.05) is 38.5 Å². The molecule has 128 valence electrons. The van der Waals surface area contributed by atoms with Crippen molar-refractivity contribution in [3.8, 4) is 11.5 Å². The lowest BCUT2D eigenvalue weighted by atomic mass is 10.2. The molecule has 0 atom stereocenters. The second-order valence-corrected chi connectivity index (χ2v) is 6.90. The van der Waals surface area contributed by atoms with Crippen molar-refractivity contribution in [3.05, 3.63) is 60.2 Å². The fraction of sp³-hybridized carbons (Fsp3) is 0.300. The van der Waals surface area contributed by atoms with Crippen molar-refractivity contribution in [1.82, 2.24) is 0 Å². The van der Waals surface area contributed by atoms with Crippen LogP contribution in [0, 0.1) is 6.92 Å². The number of ether oxygens (including phenoxy) is 2. The van der Waals surface area contributed by atoms with Crippen LogP contribution in [0.1, 0.15) is 5.56 Å². The molecule has 0 unspecified atom stereocenters. The van der Waals surface area contributed by atoms with Crippen molar-refractivity contribution in [3.63, 3.8) is 0 Å². The van der Waals surface area contributed by atoms with E-state index in [-0.39, 0.29) is 0 Å². The van der Waals surface area contributed by atoms with Gasteiger partial charge in [0, 0.05) is 30.4 Å². The van der Waals surface area contributed by atoms with Gasteiger partial charge < -0.3 is 14.4 Å². The van der Waals surface area contributed by atoms with Gasteiger partial charge in [0.15, 0.2) is 0 Å². The highest BCUT2D eigenvalue weighted by molar-refractivity contribution is 7.99. The molecule has 0 spiro atoms. The van der Waals surface area contributed by atoms with Crippen LogP contribution in [0.5, 0.6) is 11.5 Å². The zero-order valence-electron chi connectivity index (χ0n) is 14.8. The summed E-state index contributed by atoms with van der Waals surface area (Å²) in [5.41, 5.74) is 3.36. The molecular formula is C20H25NO2S. The van der Waals surface area contributed by atoms with Crippen LogP contribution < -0.4 is 14.4 Å². The van der Waals surface area contributed by atoms with E-state index in [4.69, 9.17) is 9.47 Å². The molecule has 0 saturated heterocycles. The van der Waals surface area contributed by atoms with E-state index < -0.39 is 0 Å². The van der Waals surface area contributed by atoms with Crippen LogP contribution >= 0.6 is 11.8 Å². The molecule has 0 aromatic heterocycles. The Hall–Kier alpha value is -2.07. The van der Waals surface area contributed by atoms with E-state index in [9.17, 15) is 0 Å². The molecule has 2 aromatic carbocycles. The molecule has 24 heavy (non-hydrogen) atoms. The fourth-order valence-electron chi connectivity index (χ4n) is 2.19. The summed E-state index contributed by atoms with van der Waals surface area (Å²) in [7, 11) is 5.74. The van der Waals surface area contributed by atoms with Crippen LogP contribution in [0.15, 0.2) is 59.5 Å². The number of rotatable bonds is 8. The lowest BCUT2D eigenvalue weighted by Crippen LogP contribution is -2.08. The van der Waals surface area contributed by atoms with Crippen molar-refractivity contribution < 1.29 is 9.47 Å². The minimum Gasteiger partial charge on any atom is -0.496 e. The molecule has 0 aliphatic heterocycles. The summed E-state index contributed by atoms with van der Waals surface area (Å²) in [6.45, 7) is 6.69. The van der Waals surface area contributed by atoms with Gasteiger partial charge in [0.05, 0.1) is 7.11 Å². The van der Waals surface area contributed by atoms with Crippen LogP contribution in [0.2, 0.25) is 0 Å². The number of methoxy groups -OCH3 is 1. The summed E-state index contributed by atoms with van der Waals surface area (Å²) in [5.74, 6) is 2.62. The first-order valence-electron chi connectivity index (χ1n) is 7.84. The number of hydrogen-bond acceptors (Lipinski definition) is 4. The second kappa shape index (κ2) is 8.69. The van der Waals surface area contributed by atoms with E-state index in [0.29, 0.717) is 6.61 Å². The first-order valence-corrected chi connectivity index (χ1v) is 8.82. The molecule has 0 heterocycles. The standard InChI is InChI=1S/C20H25NO2S/c1-15(13-23-18-8-6-17(7-9-18)21(3)4)14-24-19-10-11-20(22-5)16(2)12-19/h6-12H,1,13-14H2,2-5H3. The summed E-state index contributed by atoms with van der Waals surface area (Å²) in [4.78, 5) is 3.28. The number of benzene rings is 2. The van der Waals surface area contributed by atoms with E-state index in [0.717, 1.165) is 34.1 Å². The van der Waals surface area contributed by atoms with Gasteiger partial charge in [0.25, 0.3) is 0 Å². The third-order valence-corrected chi connectivity index (χ3v) is 4.75. The Kier molecular flexibility index (Phi) is 6.62. The average Bonchev–Trinajstić information content (AvgIpc) is 2.58. The maximum atomic E-state index is 5.80. The summed E-state index contributed by atoms with van der Waals surface area (Å²) in [5, 5.41) is 0. The number of nitrogens with zero attached hydrogens (tertiary/aromatic N) is 1. The maximum absolute atomic E-state index is 5.80. The third kappa shape index (κ3) is 5.24. The summed E-state index contributed by atoms with van der Waals surface area (Å²) in [6.07, 6.45) is 0. The van der Waals surface area contributed by atoms with Crippen LogP contribution in [-0.2, 0) is 0 Å². The zero-order valence-corrected chi connectivity index (χ0v) is 15.7. The Balaban J connectivity index is 1.80. The first-order chi connectivity index (χ1) is 11.5. The lowest BCUT2D eigenvalue weighted by Gasteiger charge is -2.13. The summed E-state index contributed by atoms with van der Waals surface area (Å²) in [6, 6.07) is 14.3. The van der Waals surface area contributed by atoms with Gasteiger partial charge in [0.1, 0.15) is 18.1 Å². The molecule has 4 heteroatoms. The molecule has 0 amide bonds. The van der Waals surface area contributed by atoms with Gasteiger partial charge in [-0.05, 0) is 60.5 Å². The second-order valence-electron chi connectivity index (χ2n) is 5.85. The van der Waals surface area contributed by atoms with Gasteiger partial charge in [-0.1, -0.05) is 6.58 Å². The van der Waals surface area contributed by atoms with Gasteiger partial charge in [-0.25, -0.2) is 0 Å². The number of hydrogen-bond donors (Lipinski definition) is 0. The Morgan fingerprint density at radius 3 is 2.42 bits per heavy atom. The Bertz CT molecular complexity index is 681. The van der Waals surface area contributed by atoms with E-state index in [1.165, 1.54) is 4.90 Å². The fourth-order valence-corrected chi connectivity index (χ4v) is 3.07. The highest BCUT2D eigenvalue weighted by Gasteiger charge is 2.03. The molecule has 3 nitrogen and oxygen atoms in total. The smallest absolute Gasteiger partial charge is 0.121 e. The van der Waals surface area contributed by atoms with Gasteiger partial charge in [-0.15, -0.1) is 11.8 Å². The molecular weight excluding hydrogens is 318 g/mol. The number of thioether (sulfide) groups is 1. The van der Waals surface area contributed by atoms with Crippen LogP contribution in [0.4, 0.5) is 5.69 Å². The van der Waals surface area contributed by atoms with E-state index >= 15 is 0 Å². The Morgan fingerprint density at radius 1 is 1.12 bits per heavy atom. The summed E-state index contributed by atoms with van der Waals surface area (Å²) >= 11 is 1.76. The van der Waals surface area contributed by atoms with Gasteiger partial charge in [-0.3, -0.25) is 0 Å². The SMILES string of the molecule is C=C(COc1ccc(N(C)C)cc1)CSc1ccc(OC)c(C)c1. The molecule has 0 radical (unpaired) electrons. The molecule has 2 aromatic rings. The molecule has 0 N–H and O–H groups in total. The maximum Gasteiger partial charge on any atom is 0.121 e. The Morgan fingerprint density at radius 2 is 1.83 bits per heavy atom.